The van der Waals surface area contributed by atoms with E-state index in [-0.39, 0.29) is 5.78 Å². The van der Waals surface area contributed by atoms with Crippen LogP contribution >= 0.6 is 23.2 Å². The van der Waals surface area contributed by atoms with E-state index in [9.17, 15) is 4.79 Å². The lowest BCUT2D eigenvalue weighted by molar-refractivity contribution is 0.103. The Morgan fingerprint density at radius 2 is 1.68 bits per heavy atom. The Morgan fingerprint density at radius 3 is 2.40 bits per heavy atom. The van der Waals surface area contributed by atoms with Crippen LogP contribution in [0.15, 0.2) is 60.7 Å². The average molecular weight is 371 g/mol. The minimum atomic E-state index is -0.149. The van der Waals surface area contributed by atoms with Crippen molar-refractivity contribution < 1.29 is 4.79 Å². The maximum Gasteiger partial charge on any atom is 0.194 e. The molecule has 0 fully saturated rings. The summed E-state index contributed by atoms with van der Waals surface area (Å²) in [6.45, 7) is 1.87. The van der Waals surface area contributed by atoms with Gasteiger partial charge in [0.15, 0.2) is 5.78 Å². The minimum Gasteiger partial charge on any atom is -0.399 e. The van der Waals surface area contributed by atoms with Gasteiger partial charge >= 0.3 is 0 Å². The number of anilines is 3. The van der Waals surface area contributed by atoms with Crippen molar-refractivity contribution in [3.05, 3.63) is 87.4 Å². The molecule has 0 saturated heterocycles. The van der Waals surface area contributed by atoms with Gasteiger partial charge in [-0.3, -0.25) is 4.79 Å². The highest BCUT2D eigenvalue weighted by Crippen LogP contribution is 2.27. The number of hydrogen-bond donors (Lipinski definition) is 2. The Hall–Kier alpha value is -2.49. The van der Waals surface area contributed by atoms with Gasteiger partial charge < -0.3 is 11.1 Å². The number of halogens is 2. The molecule has 0 heterocycles. The van der Waals surface area contributed by atoms with Gasteiger partial charge in [0, 0.05) is 33.2 Å². The highest BCUT2D eigenvalue weighted by Gasteiger charge is 2.16. The second-order valence-corrected chi connectivity index (χ2v) is 6.58. The summed E-state index contributed by atoms with van der Waals surface area (Å²) in [7, 11) is 0. The summed E-state index contributed by atoms with van der Waals surface area (Å²) in [4.78, 5) is 12.8. The van der Waals surface area contributed by atoms with Crippen LogP contribution in [0.5, 0.6) is 0 Å². The van der Waals surface area contributed by atoms with Crippen molar-refractivity contribution in [1.82, 2.24) is 0 Å². The minimum absolute atomic E-state index is 0.149. The Morgan fingerprint density at radius 1 is 0.920 bits per heavy atom. The first-order valence-corrected chi connectivity index (χ1v) is 8.42. The van der Waals surface area contributed by atoms with Gasteiger partial charge in [0.1, 0.15) is 0 Å². The fourth-order valence-electron chi connectivity index (χ4n) is 2.54. The predicted octanol–water partition coefficient (Wildman–Crippen LogP) is 5.86. The molecular weight excluding hydrogens is 355 g/mol. The number of aryl methyl sites for hydroxylation is 1. The van der Waals surface area contributed by atoms with Gasteiger partial charge in [0.2, 0.25) is 0 Å². The molecule has 3 N–H and O–H groups in total. The Kier molecular flexibility index (Phi) is 4.98. The first-order valence-electron chi connectivity index (χ1n) is 7.67. The molecule has 0 aliphatic rings. The summed E-state index contributed by atoms with van der Waals surface area (Å²) in [6.07, 6.45) is 0. The van der Waals surface area contributed by atoms with E-state index in [0.717, 1.165) is 16.9 Å². The maximum absolute atomic E-state index is 12.8. The molecule has 25 heavy (non-hydrogen) atoms. The lowest BCUT2D eigenvalue weighted by atomic mass is 9.98. The molecule has 0 amide bonds. The molecule has 126 valence electrons. The van der Waals surface area contributed by atoms with Crippen LogP contribution in [0.25, 0.3) is 0 Å². The van der Waals surface area contributed by atoms with Crippen LogP contribution in [0.3, 0.4) is 0 Å². The topological polar surface area (TPSA) is 55.1 Å². The van der Waals surface area contributed by atoms with Gasteiger partial charge in [0.05, 0.1) is 5.02 Å². The van der Waals surface area contributed by atoms with Gasteiger partial charge in [-0.05, 0) is 61.0 Å². The SMILES string of the molecule is Cc1ccc(N)cc1C(=O)c1ccc(Nc2cccc(Cl)c2)cc1Cl. The molecular formula is C20H16Cl2N2O. The predicted molar refractivity (Wildman–Crippen MR) is 105 cm³/mol. The van der Waals surface area contributed by atoms with E-state index in [0.29, 0.717) is 26.9 Å². The molecule has 0 unspecified atom stereocenters. The molecule has 0 bridgehead atoms. The van der Waals surface area contributed by atoms with Crippen LogP contribution in [-0.2, 0) is 0 Å². The van der Waals surface area contributed by atoms with Crippen molar-refractivity contribution in [2.24, 2.45) is 0 Å². The number of rotatable bonds is 4. The Balaban J connectivity index is 1.89. The molecule has 0 spiro atoms. The number of carbonyl (C=O) groups excluding carboxylic acids is 1. The van der Waals surface area contributed by atoms with E-state index >= 15 is 0 Å². The second kappa shape index (κ2) is 7.18. The van der Waals surface area contributed by atoms with E-state index in [2.05, 4.69) is 5.32 Å². The van der Waals surface area contributed by atoms with E-state index in [1.54, 1.807) is 30.3 Å². The van der Waals surface area contributed by atoms with E-state index in [1.165, 1.54) is 0 Å². The van der Waals surface area contributed by atoms with Gasteiger partial charge in [-0.1, -0.05) is 35.3 Å². The molecule has 3 aromatic carbocycles. The fraction of sp³-hybridized carbons (Fsp3) is 0.0500. The Labute approximate surface area is 156 Å². The van der Waals surface area contributed by atoms with Crippen LogP contribution in [0.1, 0.15) is 21.5 Å². The number of carbonyl (C=O) groups is 1. The van der Waals surface area contributed by atoms with E-state index < -0.39 is 0 Å². The molecule has 0 aliphatic heterocycles. The highest BCUT2D eigenvalue weighted by atomic mass is 35.5. The third-order valence-corrected chi connectivity index (χ3v) is 4.38. The van der Waals surface area contributed by atoms with Crippen molar-refractivity contribution in [1.29, 1.82) is 0 Å². The normalized spacial score (nSPS) is 10.5. The maximum atomic E-state index is 12.8. The zero-order valence-electron chi connectivity index (χ0n) is 13.5. The first-order chi connectivity index (χ1) is 11.9. The second-order valence-electron chi connectivity index (χ2n) is 5.73. The molecule has 0 atom stereocenters. The zero-order chi connectivity index (χ0) is 18.0. The van der Waals surface area contributed by atoms with E-state index in [4.69, 9.17) is 28.9 Å². The van der Waals surface area contributed by atoms with Gasteiger partial charge in [-0.25, -0.2) is 0 Å². The number of nitrogen functional groups attached to an aromatic ring is 1. The Bertz CT molecular complexity index is 954. The van der Waals surface area contributed by atoms with Crippen molar-refractivity contribution in [2.45, 2.75) is 6.92 Å². The lowest BCUT2D eigenvalue weighted by Gasteiger charge is -2.11. The van der Waals surface area contributed by atoms with Crippen LogP contribution < -0.4 is 11.1 Å². The van der Waals surface area contributed by atoms with Gasteiger partial charge in [-0.2, -0.15) is 0 Å². The molecule has 3 aromatic rings. The summed E-state index contributed by atoms with van der Waals surface area (Å²) >= 11 is 12.3. The van der Waals surface area contributed by atoms with Crippen LogP contribution in [-0.4, -0.2) is 5.78 Å². The zero-order valence-corrected chi connectivity index (χ0v) is 15.0. The molecule has 0 saturated carbocycles. The van der Waals surface area contributed by atoms with Crippen molar-refractivity contribution in [3.8, 4) is 0 Å². The van der Waals surface area contributed by atoms with Gasteiger partial charge in [-0.15, -0.1) is 0 Å². The molecule has 0 aromatic heterocycles. The number of benzene rings is 3. The van der Waals surface area contributed by atoms with Crippen molar-refractivity contribution in [2.75, 3.05) is 11.1 Å². The van der Waals surface area contributed by atoms with Gasteiger partial charge in [0.25, 0.3) is 0 Å². The first kappa shape index (κ1) is 17.3. The standard InChI is InChI=1S/C20H16Cl2N2O/c1-12-5-6-14(23)10-18(12)20(25)17-8-7-16(11-19(17)22)24-15-4-2-3-13(21)9-15/h2-11,24H,23H2,1H3. The monoisotopic (exact) mass is 370 g/mol. The smallest absolute Gasteiger partial charge is 0.194 e. The van der Waals surface area contributed by atoms with Crippen molar-refractivity contribution in [3.63, 3.8) is 0 Å². The van der Waals surface area contributed by atoms with E-state index in [1.807, 2.05) is 37.3 Å². The third kappa shape index (κ3) is 3.95. The van der Waals surface area contributed by atoms with Crippen molar-refractivity contribution >= 4 is 46.0 Å². The molecule has 3 rings (SSSR count). The van der Waals surface area contributed by atoms with Crippen LogP contribution in [0.4, 0.5) is 17.1 Å². The fourth-order valence-corrected chi connectivity index (χ4v) is 3.00. The van der Waals surface area contributed by atoms with Crippen LogP contribution in [0, 0.1) is 6.92 Å². The summed E-state index contributed by atoms with van der Waals surface area (Å²) in [6, 6.07) is 17.9. The average Bonchev–Trinajstić information content (AvgIpc) is 2.57. The number of ketones is 1. The third-order valence-electron chi connectivity index (χ3n) is 3.83. The largest absolute Gasteiger partial charge is 0.399 e. The molecule has 0 aliphatic carbocycles. The highest BCUT2D eigenvalue weighted by molar-refractivity contribution is 6.35. The number of nitrogens with one attached hydrogen (secondary N) is 1. The molecule has 0 radical (unpaired) electrons. The summed E-state index contributed by atoms with van der Waals surface area (Å²) < 4.78 is 0. The lowest BCUT2D eigenvalue weighted by Crippen LogP contribution is -2.06. The molecule has 5 heteroatoms. The number of nitrogens with two attached hydrogens (primary N) is 1. The quantitative estimate of drug-likeness (QED) is 0.446. The van der Waals surface area contributed by atoms with Crippen LogP contribution in [0.2, 0.25) is 10.0 Å². The number of hydrogen-bond acceptors (Lipinski definition) is 3. The molecule has 3 nitrogen and oxygen atoms in total. The summed E-state index contributed by atoms with van der Waals surface area (Å²) in [5.41, 5.74) is 9.80. The summed E-state index contributed by atoms with van der Waals surface area (Å²) in [5, 5.41) is 4.22. The summed E-state index contributed by atoms with van der Waals surface area (Å²) in [5.74, 6) is -0.149.